The number of halogens is 4. The number of methoxy groups -OCH3 is 1. The standard InChI is InChI=1S/C18H20F4N4O4/c1-29-15-13-10(16(27)24-17(28)26(13)9-2-3-9)4-11(19)14(15)25-6-8(5-23)12(7-25)30-18(20,21)22/h4,8-9,12H,2-3,5-7,23H2,1H3,(H,24,27,28). The van der Waals surface area contributed by atoms with Crippen molar-refractivity contribution in [1.29, 1.82) is 0 Å². The van der Waals surface area contributed by atoms with E-state index in [9.17, 15) is 22.8 Å². The van der Waals surface area contributed by atoms with E-state index in [-0.39, 0.29) is 48.0 Å². The average molecular weight is 432 g/mol. The molecule has 2 unspecified atom stereocenters. The van der Waals surface area contributed by atoms with E-state index in [0.717, 1.165) is 6.07 Å². The number of ether oxygens (including phenoxy) is 2. The molecule has 2 aliphatic rings. The molecule has 1 saturated heterocycles. The normalized spacial score (nSPS) is 22.1. The first-order valence-electron chi connectivity index (χ1n) is 9.39. The third-order valence-electron chi connectivity index (χ3n) is 5.51. The van der Waals surface area contributed by atoms with Gasteiger partial charge in [0, 0.05) is 25.0 Å². The Morgan fingerprint density at radius 2 is 1.97 bits per heavy atom. The molecule has 1 saturated carbocycles. The Balaban J connectivity index is 1.88. The number of rotatable bonds is 5. The Labute approximate surface area is 167 Å². The molecule has 2 aromatic rings. The molecule has 1 aliphatic carbocycles. The second-order valence-electron chi connectivity index (χ2n) is 7.50. The largest absolute Gasteiger partial charge is 0.522 e. The van der Waals surface area contributed by atoms with Crippen LogP contribution in [0.25, 0.3) is 10.9 Å². The molecule has 2 fully saturated rings. The number of aromatic amines is 1. The van der Waals surface area contributed by atoms with Gasteiger partial charge in [0.05, 0.1) is 18.6 Å². The molecule has 12 heteroatoms. The zero-order valence-electron chi connectivity index (χ0n) is 16.0. The van der Waals surface area contributed by atoms with Crippen molar-refractivity contribution >= 4 is 16.6 Å². The third kappa shape index (κ3) is 3.54. The Hall–Kier alpha value is -2.60. The van der Waals surface area contributed by atoms with Gasteiger partial charge in [0.25, 0.3) is 5.56 Å². The van der Waals surface area contributed by atoms with Crippen molar-refractivity contribution in [1.82, 2.24) is 9.55 Å². The fourth-order valence-electron chi connectivity index (χ4n) is 4.07. The number of nitrogens with one attached hydrogen (secondary N) is 1. The number of H-pyrrole nitrogens is 1. The highest BCUT2D eigenvalue weighted by molar-refractivity contribution is 5.91. The topological polar surface area (TPSA) is 103 Å². The van der Waals surface area contributed by atoms with Crippen LogP contribution in [0.3, 0.4) is 0 Å². The van der Waals surface area contributed by atoms with Gasteiger partial charge in [0.15, 0.2) is 11.6 Å². The van der Waals surface area contributed by atoms with E-state index >= 15 is 4.39 Å². The Kier molecular flexibility index (Phi) is 5.01. The van der Waals surface area contributed by atoms with E-state index in [0.29, 0.717) is 12.8 Å². The maximum absolute atomic E-state index is 15.1. The maximum Gasteiger partial charge on any atom is 0.522 e. The zero-order valence-corrected chi connectivity index (χ0v) is 16.0. The minimum Gasteiger partial charge on any atom is -0.492 e. The second-order valence-corrected chi connectivity index (χ2v) is 7.50. The van der Waals surface area contributed by atoms with Gasteiger partial charge in [-0.25, -0.2) is 9.18 Å². The summed E-state index contributed by atoms with van der Waals surface area (Å²) in [7, 11) is 1.25. The van der Waals surface area contributed by atoms with Crippen LogP contribution in [-0.2, 0) is 4.74 Å². The number of benzene rings is 1. The van der Waals surface area contributed by atoms with Gasteiger partial charge in [0.1, 0.15) is 11.2 Å². The van der Waals surface area contributed by atoms with Crippen LogP contribution in [-0.4, -0.2) is 48.8 Å². The number of anilines is 1. The molecule has 8 nitrogen and oxygen atoms in total. The van der Waals surface area contributed by atoms with Crippen molar-refractivity contribution in [3.8, 4) is 5.75 Å². The Bertz CT molecular complexity index is 1090. The van der Waals surface area contributed by atoms with Crippen LogP contribution in [0, 0.1) is 11.7 Å². The summed E-state index contributed by atoms with van der Waals surface area (Å²) in [6.07, 6.45) is -4.74. The minimum absolute atomic E-state index is 0.00706. The van der Waals surface area contributed by atoms with Gasteiger partial charge in [-0.05, 0) is 25.5 Å². The molecular weight excluding hydrogens is 412 g/mol. The lowest BCUT2D eigenvalue weighted by atomic mass is 10.1. The number of nitrogens with zero attached hydrogens (tertiary/aromatic N) is 2. The van der Waals surface area contributed by atoms with Crippen LogP contribution >= 0.6 is 0 Å². The van der Waals surface area contributed by atoms with Crippen molar-refractivity contribution in [2.45, 2.75) is 31.3 Å². The lowest BCUT2D eigenvalue weighted by Gasteiger charge is -2.24. The Morgan fingerprint density at radius 1 is 1.27 bits per heavy atom. The van der Waals surface area contributed by atoms with Gasteiger partial charge in [-0.2, -0.15) is 0 Å². The van der Waals surface area contributed by atoms with Gasteiger partial charge in [0.2, 0.25) is 0 Å². The average Bonchev–Trinajstić information content (AvgIpc) is 3.41. The first kappa shape index (κ1) is 20.7. The van der Waals surface area contributed by atoms with E-state index in [1.807, 2.05) is 0 Å². The molecule has 30 heavy (non-hydrogen) atoms. The SMILES string of the molecule is COc1c(N2CC(CN)C(OC(F)(F)F)C2)c(F)cc2c(=O)[nH]c(=O)n(C3CC3)c12. The molecule has 4 rings (SSSR count). The summed E-state index contributed by atoms with van der Waals surface area (Å²) in [6, 6.07) is 0.806. The molecular formula is C18H20F4N4O4. The van der Waals surface area contributed by atoms with E-state index in [4.69, 9.17) is 10.5 Å². The molecule has 0 spiro atoms. The highest BCUT2D eigenvalue weighted by Crippen LogP contribution is 2.43. The van der Waals surface area contributed by atoms with E-state index in [1.54, 1.807) is 0 Å². The minimum atomic E-state index is -4.86. The molecule has 2 heterocycles. The number of hydrogen-bond donors (Lipinski definition) is 2. The van der Waals surface area contributed by atoms with E-state index < -0.39 is 35.5 Å². The van der Waals surface area contributed by atoms with Crippen molar-refractivity contribution in [3.05, 3.63) is 32.7 Å². The van der Waals surface area contributed by atoms with Crippen LogP contribution in [0.1, 0.15) is 18.9 Å². The van der Waals surface area contributed by atoms with Gasteiger partial charge < -0.3 is 15.4 Å². The summed E-state index contributed by atoms with van der Waals surface area (Å²) >= 11 is 0. The molecule has 1 aromatic heterocycles. The van der Waals surface area contributed by atoms with Crippen molar-refractivity contribution in [2.24, 2.45) is 11.7 Å². The van der Waals surface area contributed by atoms with Gasteiger partial charge in [-0.3, -0.25) is 19.1 Å². The number of fused-ring (bicyclic) bond motifs is 1. The van der Waals surface area contributed by atoms with Crippen LogP contribution < -0.4 is 26.6 Å². The Morgan fingerprint density at radius 3 is 2.53 bits per heavy atom. The smallest absolute Gasteiger partial charge is 0.492 e. The lowest BCUT2D eigenvalue weighted by Crippen LogP contribution is -2.33. The summed E-state index contributed by atoms with van der Waals surface area (Å²) in [4.78, 5) is 28.2. The van der Waals surface area contributed by atoms with E-state index in [1.165, 1.54) is 16.6 Å². The quantitative estimate of drug-likeness (QED) is 0.694. The zero-order chi connectivity index (χ0) is 21.8. The first-order chi connectivity index (χ1) is 14.1. The van der Waals surface area contributed by atoms with Crippen LogP contribution in [0.15, 0.2) is 15.7 Å². The summed E-state index contributed by atoms with van der Waals surface area (Å²) in [5, 5.41) is -0.0720. The molecule has 1 aromatic carbocycles. The predicted octanol–water partition coefficient (Wildman–Crippen LogP) is 1.47. The molecule has 164 valence electrons. The number of aromatic nitrogens is 2. The van der Waals surface area contributed by atoms with Crippen LogP contribution in [0.2, 0.25) is 0 Å². The molecule has 0 amide bonds. The predicted molar refractivity (Wildman–Crippen MR) is 99.3 cm³/mol. The number of nitrogens with two attached hydrogens (primary N) is 1. The second kappa shape index (κ2) is 7.27. The summed E-state index contributed by atoms with van der Waals surface area (Å²) in [5.41, 5.74) is 4.18. The molecule has 1 aliphatic heterocycles. The van der Waals surface area contributed by atoms with Gasteiger partial charge in [-0.15, -0.1) is 13.2 Å². The summed E-state index contributed by atoms with van der Waals surface area (Å²) in [5.74, 6) is -1.63. The molecule has 2 atom stereocenters. The fourth-order valence-corrected chi connectivity index (χ4v) is 4.07. The van der Waals surface area contributed by atoms with Crippen molar-refractivity contribution in [3.63, 3.8) is 0 Å². The third-order valence-corrected chi connectivity index (χ3v) is 5.51. The van der Waals surface area contributed by atoms with E-state index in [2.05, 4.69) is 9.72 Å². The maximum atomic E-state index is 15.1. The van der Waals surface area contributed by atoms with Gasteiger partial charge in [-0.1, -0.05) is 0 Å². The fraction of sp³-hybridized carbons (Fsp3) is 0.556. The highest BCUT2D eigenvalue weighted by Gasteiger charge is 2.43. The summed E-state index contributed by atoms with van der Waals surface area (Å²) in [6.45, 7) is -0.384. The van der Waals surface area contributed by atoms with Crippen LogP contribution in [0.5, 0.6) is 5.75 Å². The lowest BCUT2D eigenvalue weighted by molar-refractivity contribution is -0.343. The molecule has 3 N–H and O–H groups in total. The first-order valence-corrected chi connectivity index (χ1v) is 9.39. The highest BCUT2D eigenvalue weighted by atomic mass is 19.4. The molecule has 0 radical (unpaired) electrons. The van der Waals surface area contributed by atoms with Crippen molar-refractivity contribution in [2.75, 3.05) is 31.6 Å². The van der Waals surface area contributed by atoms with Crippen molar-refractivity contribution < 1.29 is 27.0 Å². The monoisotopic (exact) mass is 432 g/mol. The van der Waals surface area contributed by atoms with Crippen LogP contribution in [0.4, 0.5) is 23.2 Å². The van der Waals surface area contributed by atoms with Gasteiger partial charge >= 0.3 is 12.1 Å². The molecule has 0 bridgehead atoms. The summed E-state index contributed by atoms with van der Waals surface area (Å²) < 4.78 is 64.3. The number of hydrogen-bond acceptors (Lipinski definition) is 6. The number of alkyl halides is 3.